The van der Waals surface area contributed by atoms with Gasteiger partial charge in [0.1, 0.15) is 0 Å². The van der Waals surface area contributed by atoms with Crippen LogP contribution < -0.4 is 5.32 Å². The predicted octanol–water partition coefficient (Wildman–Crippen LogP) is 9.46. The van der Waals surface area contributed by atoms with Gasteiger partial charge in [-0.1, -0.05) is 123 Å². The van der Waals surface area contributed by atoms with E-state index in [1.54, 1.807) is 0 Å². The second kappa shape index (κ2) is 11.0. The van der Waals surface area contributed by atoms with Gasteiger partial charge in [-0.3, -0.25) is 0 Å². The van der Waals surface area contributed by atoms with Gasteiger partial charge in [0.15, 0.2) is 0 Å². The number of hydrogen-bond donors (Lipinski definition) is 1. The number of benzene rings is 5. The van der Waals surface area contributed by atoms with E-state index in [1.165, 1.54) is 33.4 Å². The van der Waals surface area contributed by atoms with Crippen molar-refractivity contribution >= 4 is 11.4 Å². The highest BCUT2D eigenvalue weighted by atomic mass is 14.9. The molecule has 1 N–H and O–H groups in total. The minimum atomic E-state index is 1.07. The van der Waals surface area contributed by atoms with Crippen LogP contribution in [0, 0.1) is 0 Å². The maximum atomic E-state index is 3.57. The highest BCUT2D eigenvalue weighted by Gasteiger charge is 2.09. The van der Waals surface area contributed by atoms with E-state index >= 15 is 0 Å². The second-order valence-corrected chi connectivity index (χ2v) is 7.56. The third-order valence-electron chi connectivity index (χ3n) is 5.47. The molecule has 0 unspecified atom stereocenters. The largest absolute Gasteiger partial charge is 0.356 e. The highest BCUT2D eigenvalue weighted by Crippen LogP contribution is 2.35. The van der Waals surface area contributed by atoms with Crippen LogP contribution in [-0.4, -0.2) is 0 Å². The molecule has 0 saturated heterocycles. The molecule has 0 aliphatic carbocycles. The lowest BCUT2D eigenvalue weighted by molar-refractivity contribution is 1.50. The molecular formula is C32H29N. The van der Waals surface area contributed by atoms with Crippen LogP contribution in [0.4, 0.5) is 11.4 Å². The van der Waals surface area contributed by atoms with Crippen LogP contribution in [-0.2, 0) is 0 Å². The van der Waals surface area contributed by atoms with Gasteiger partial charge < -0.3 is 5.32 Å². The number of hydrogen-bond acceptors (Lipinski definition) is 1. The third kappa shape index (κ3) is 5.39. The van der Waals surface area contributed by atoms with Crippen LogP contribution in [0.25, 0.3) is 33.4 Å². The Bertz CT molecular complexity index is 1260. The van der Waals surface area contributed by atoms with Crippen LogP contribution in [0.3, 0.4) is 0 Å². The lowest BCUT2D eigenvalue weighted by Crippen LogP contribution is -1.93. The fourth-order valence-corrected chi connectivity index (χ4v) is 3.89. The zero-order valence-electron chi connectivity index (χ0n) is 19.2. The maximum Gasteiger partial charge on any atom is 0.0390 e. The Kier molecular flexibility index (Phi) is 7.35. The van der Waals surface area contributed by atoms with Gasteiger partial charge in [0.25, 0.3) is 0 Å². The van der Waals surface area contributed by atoms with Gasteiger partial charge >= 0.3 is 0 Å². The quantitative estimate of drug-likeness (QED) is 0.294. The highest BCUT2D eigenvalue weighted by molar-refractivity contribution is 5.86. The summed E-state index contributed by atoms with van der Waals surface area (Å²) in [4.78, 5) is 0. The van der Waals surface area contributed by atoms with Crippen LogP contribution in [0.1, 0.15) is 13.8 Å². The summed E-state index contributed by atoms with van der Waals surface area (Å²) >= 11 is 0. The van der Waals surface area contributed by atoms with Crippen molar-refractivity contribution in [2.75, 3.05) is 5.32 Å². The van der Waals surface area contributed by atoms with Crippen molar-refractivity contribution in [1.82, 2.24) is 0 Å². The Balaban J connectivity index is 0.00000126. The summed E-state index contributed by atoms with van der Waals surface area (Å²) in [6, 6.07) is 46.8. The second-order valence-electron chi connectivity index (χ2n) is 7.56. The zero-order valence-corrected chi connectivity index (χ0v) is 19.2. The Morgan fingerprint density at radius 1 is 0.364 bits per heavy atom. The molecule has 0 aliphatic rings. The Labute approximate surface area is 197 Å². The van der Waals surface area contributed by atoms with Crippen LogP contribution in [0.15, 0.2) is 133 Å². The Hall–Kier alpha value is -4.10. The molecular weight excluding hydrogens is 398 g/mol. The SMILES string of the molecule is CC.c1ccc(-c2ccc(Nc3ccc(-c4ccccc4)c(-c4ccccc4)c3)cc2)cc1. The third-order valence-corrected chi connectivity index (χ3v) is 5.47. The average Bonchev–Trinajstić information content (AvgIpc) is 2.92. The minimum Gasteiger partial charge on any atom is -0.356 e. The Morgan fingerprint density at radius 2 is 0.788 bits per heavy atom. The maximum absolute atomic E-state index is 3.57. The van der Waals surface area contributed by atoms with Crippen LogP contribution in [0.5, 0.6) is 0 Å². The molecule has 0 fully saturated rings. The first kappa shape index (κ1) is 22.1. The van der Waals surface area contributed by atoms with Crippen molar-refractivity contribution in [2.45, 2.75) is 13.8 Å². The summed E-state index contributed by atoms with van der Waals surface area (Å²) in [6.45, 7) is 4.00. The molecule has 0 atom stereocenters. The minimum absolute atomic E-state index is 1.07. The molecule has 0 saturated carbocycles. The summed E-state index contributed by atoms with van der Waals surface area (Å²) in [5.41, 5.74) is 9.49. The molecule has 162 valence electrons. The summed E-state index contributed by atoms with van der Waals surface area (Å²) < 4.78 is 0. The van der Waals surface area contributed by atoms with Crippen molar-refractivity contribution in [3.8, 4) is 33.4 Å². The molecule has 0 heterocycles. The van der Waals surface area contributed by atoms with Gasteiger partial charge in [0, 0.05) is 11.4 Å². The van der Waals surface area contributed by atoms with E-state index in [9.17, 15) is 0 Å². The first-order chi connectivity index (χ1) is 16.4. The number of nitrogens with one attached hydrogen (secondary N) is 1. The fraction of sp³-hybridized carbons (Fsp3) is 0.0625. The van der Waals surface area contributed by atoms with Gasteiger partial charge in [-0.05, 0) is 57.6 Å². The molecule has 0 radical (unpaired) electrons. The first-order valence-corrected chi connectivity index (χ1v) is 11.5. The smallest absolute Gasteiger partial charge is 0.0390 e. The monoisotopic (exact) mass is 427 g/mol. The van der Waals surface area contributed by atoms with Gasteiger partial charge in [0.05, 0.1) is 0 Å². The van der Waals surface area contributed by atoms with Crippen molar-refractivity contribution < 1.29 is 0 Å². The Morgan fingerprint density at radius 3 is 1.33 bits per heavy atom. The predicted molar refractivity (Wildman–Crippen MR) is 144 cm³/mol. The zero-order chi connectivity index (χ0) is 22.9. The molecule has 1 heteroatoms. The lowest BCUT2D eigenvalue weighted by atomic mass is 9.94. The standard InChI is InChI=1S/C30H23N.C2H6/c1-4-10-23(11-5-1)24-16-18-27(19-17-24)31-28-20-21-29(25-12-6-2-7-13-25)30(22-28)26-14-8-3-9-15-26;1-2/h1-22,31H;1-2H3. The molecule has 0 aromatic heterocycles. The van der Waals surface area contributed by atoms with E-state index < -0.39 is 0 Å². The summed E-state index contributed by atoms with van der Waals surface area (Å²) in [5, 5.41) is 3.57. The first-order valence-electron chi connectivity index (χ1n) is 11.5. The molecule has 5 rings (SSSR count). The van der Waals surface area contributed by atoms with E-state index in [1.807, 2.05) is 19.9 Å². The topological polar surface area (TPSA) is 12.0 Å². The fourth-order valence-electron chi connectivity index (χ4n) is 3.89. The van der Waals surface area contributed by atoms with E-state index in [0.717, 1.165) is 11.4 Å². The lowest BCUT2D eigenvalue weighted by Gasteiger charge is -2.14. The van der Waals surface area contributed by atoms with Gasteiger partial charge in [-0.15, -0.1) is 0 Å². The molecule has 5 aromatic carbocycles. The summed E-state index contributed by atoms with van der Waals surface area (Å²) in [7, 11) is 0. The summed E-state index contributed by atoms with van der Waals surface area (Å²) in [6.07, 6.45) is 0. The molecule has 0 aliphatic heterocycles. The van der Waals surface area contributed by atoms with Crippen molar-refractivity contribution in [2.24, 2.45) is 0 Å². The number of rotatable bonds is 5. The van der Waals surface area contributed by atoms with Gasteiger partial charge in [-0.2, -0.15) is 0 Å². The van der Waals surface area contributed by atoms with Crippen molar-refractivity contribution in [3.63, 3.8) is 0 Å². The molecule has 33 heavy (non-hydrogen) atoms. The van der Waals surface area contributed by atoms with Gasteiger partial charge in [0.2, 0.25) is 0 Å². The van der Waals surface area contributed by atoms with E-state index in [4.69, 9.17) is 0 Å². The molecule has 0 bridgehead atoms. The average molecular weight is 428 g/mol. The van der Waals surface area contributed by atoms with Crippen molar-refractivity contribution in [3.05, 3.63) is 133 Å². The molecule has 0 spiro atoms. The normalized spacial score (nSPS) is 10.1. The molecule has 1 nitrogen and oxygen atoms in total. The summed E-state index contributed by atoms with van der Waals surface area (Å²) in [5.74, 6) is 0. The molecule has 5 aromatic rings. The van der Waals surface area contributed by atoms with Crippen LogP contribution >= 0.6 is 0 Å². The van der Waals surface area contributed by atoms with E-state index in [-0.39, 0.29) is 0 Å². The van der Waals surface area contributed by atoms with Gasteiger partial charge in [-0.25, -0.2) is 0 Å². The number of anilines is 2. The molecule has 0 amide bonds. The van der Waals surface area contributed by atoms with E-state index in [0.29, 0.717) is 0 Å². The van der Waals surface area contributed by atoms with E-state index in [2.05, 4.69) is 133 Å². The van der Waals surface area contributed by atoms with Crippen LogP contribution in [0.2, 0.25) is 0 Å². The van der Waals surface area contributed by atoms with Crippen molar-refractivity contribution in [1.29, 1.82) is 0 Å².